The van der Waals surface area contributed by atoms with Gasteiger partial charge in [-0.2, -0.15) is 0 Å². The van der Waals surface area contributed by atoms with Gasteiger partial charge in [-0.3, -0.25) is 4.99 Å². The molecular weight excluding hydrogens is 385 g/mol. The van der Waals surface area contributed by atoms with E-state index in [0.29, 0.717) is 6.04 Å². The zero-order valence-electron chi connectivity index (χ0n) is 13.7. The second kappa shape index (κ2) is 8.18. The maximum Gasteiger partial charge on any atom is 0.194 e. The van der Waals surface area contributed by atoms with Gasteiger partial charge < -0.3 is 10.2 Å². The largest absolute Gasteiger partial charge is 0.353 e. The molecule has 2 aliphatic rings. The molecule has 1 aromatic carbocycles. The molecule has 3 atom stereocenters. The average Bonchev–Trinajstić information content (AvgIpc) is 2.99. The lowest BCUT2D eigenvalue weighted by Gasteiger charge is -2.22. The van der Waals surface area contributed by atoms with Gasteiger partial charge in [-0.15, -0.1) is 24.0 Å². The fourth-order valence-electron chi connectivity index (χ4n) is 3.21. The van der Waals surface area contributed by atoms with Crippen LogP contribution in [0.2, 0.25) is 0 Å². The van der Waals surface area contributed by atoms with Crippen LogP contribution < -0.4 is 5.32 Å². The lowest BCUT2D eigenvalue weighted by molar-refractivity contribution is 0.457. The number of hydrogen-bond acceptors (Lipinski definition) is 1. The number of nitrogens with zero attached hydrogens (tertiary/aromatic N) is 2. The van der Waals surface area contributed by atoms with E-state index in [0.717, 1.165) is 37.4 Å². The maximum absolute atomic E-state index is 4.69. The van der Waals surface area contributed by atoms with Crippen molar-refractivity contribution >= 4 is 29.9 Å². The van der Waals surface area contributed by atoms with Gasteiger partial charge in [0.05, 0.1) is 0 Å². The topological polar surface area (TPSA) is 27.6 Å². The van der Waals surface area contributed by atoms with Crippen molar-refractivity contribution in [1.29, 1.82) is 0 Å². The monoisotopic (exact) mass is 413 g/mol. The van der Waals surface area contributed by atoms with Gasteiger partial charge in [0.2, 0.25) is 0 Å². The zero-order chi connectivity index (χ0) is 14.7. The molecule has 3 unspecified atom stereocenters. The minimum Gasteiger partial charge on any atom is -0.353 e. The minimum atomic E-state index is 0. The Hall–Kier alpha value is -0.780. The second-order valence-corrected chi connectivity index (χ2v) is 6.55. The van der Waals surface area contributed by atoms with Gasteiger partial charge in [-0.25, -0.2) is 0 Å². The normalized spacial score (nSPS) is 27.5. The van der Waals surface area contributed by atoms with Crippen molar-refractivity contribution in [3.63, 3.8) is 0 Å². The number of hydrogen-bond donors (Lipinski definition) is 1. The van der Waals surface area contributed by atoms with E-state index in [2.05, 4.69) is 54.4 Å². The van der Waals surface area contributed by atoms with E-state index in [4.69, 9.17) is 4.99 Å². The fraction of sp³-hybridized carbons (Fsp3) is 0.611. The van der Waals surface area contributed by atoms with Crippen LogP contribution in [0, 0.1) is 11.8 Å². The number of nitrogens with one attached hydrogen (secondary N) is 1. The van der Waals surface area contributed by atoms with Crippen LogP contribution in [0.5, 0.6) is 0 Å². The highest BCUT2D eigenvalue weighted by atomic mass is 127. The van der Waals surface area contributed by atoms with E-state index in [1.165, 1.54) is 24.8 Å². The first-order chi connectivity index (χ1) is 10.3. The fourth-order valence-corrected chi connectivity index (χ4v) is 3.21. The predicted octanol–water partition coefficient (Wildman–Crippen LogP) is 3.54. The molecule has 1 aromatic rings. The van der Waals surface area contributed by atoms with Crippen LogP contribution in [0.1, 0.15) is 32.3 Å². The van der Waals surface area contributed by atoms with Gasteiger partial charge in [-0.1, -0.05) is 37.3 Å². The van der Waals surface area contributed by atoms with Crippen LogP contribution >= 0.6 is 24.0 Å². The summed E-state index contributed by atoms with van der Waals surface area (Å²) in [6.45, 7) is 7.58. The third-order valence-corrected chi connectivity index (χ3v) is 4.68. The predicted molar refractivity (Wildman–Crippen MR) is 104 cm³/mol. The Morgan fingerprint density at radius 1 is 1.32 bits per heavy atom. The van der Waals surface area contributed by atoms with Gasteiger partial charge >= 0.3 is 0 Å². The highest BCUT2D eigenvalue weighted by Crippen LogP contribution is 2.30. The molecule has 1 aliphatic heterocycles. The molecule has 2 fully saturated rings. The van der Waals surface area contributed by atoms with Crippen molar-refractivity contribution in [3.8, 4) is 0 Å². The van der Waals surface area contributed by atoms with E-state index in [1.54, 1.807) is 0 Å². The zero-order valence-corrected chi connectivity index (χ0v) is 16.0. The van der Waals surface area contributed by atoms with Crippen LogP contribution in [0.4, 0.5) is 0 Å². The Bertz CT molecular complexity index is 488. The molecule has 0 spiro atoms. The Balaban J connectivity index is 0.00000176. The molecule has 0 bridgehead atoms. The SMILES string of the molecule is CCN=C(NC1CC1C)N1CCC(Cc2ccccc2)C1.I. The van der Waals surface area contributed by atoms with Crippen molar-refractivity contribution in [2.45, 2.75) is 39.2 Å². The molecule has 0 amide bonds. The number of halogens is 1. The summed E-state index contributed by atoms with van der Waals surface area (Å²) in [5.74, 6) is 2.71. The van der Waals surface area contributed by atoms with Crippen molar-refractivity contribution in [3.05, 3.63) is 35.9 Å². The first-order valence-corrected chi connectivity index (χ1v) is 8.36. The van der Waals surface area contributed by atoms with Crippen molar-refractivity contribution < 1.29 is 0 Å². The second-order valence-electron chi connectivity index (χ2n) is 6.55. The van der Waals surface area contributed by atoms with Crippen LogP contribution in [0.15, 0.2) is 35.3 Å². The number of rotatable bonds is 4. The lowest BCUT2D eigenvalue weighted by atomic mass is 9.99. The van der Waals surface area contributed by atoms with Gasteiger partial charge in [0, 0.05) is 25.7 Å². The summed E-state index contributed by atoms with van der Waals surface area (Å²) < 4.78 is 0. The summed E-state index contributed by atoms with van der Waals surface area (Å²) in [5, 5.41) is 3.64. The van der Waals surface area contributed by atoms with Gasteiger partial charge in [-0.05, 0) is 43.6 Å². The molecule has 1 saturated carbocycles. The average molecular weight is 413 g/mol. The third-order valence-electron chi connectivity index (χ3n) is 4.68. The van der Waals surface area contributed by atoms with Crippen molar-refractivity contribution in [2.24, 2.45) is 16.8 Å². The van der Waals surface area contributed by atoms with E-state index in [1.807, 2.05) is 0 Å². The molecule has 1 saturated heterocycles. The van der Waals surface area contributed by atoms with E-state index >= 15 is 0 Å². The van der Waals surface area contributed by atoms with Crippen LogP contribution in [-0.4, -0.2) is 36.5 Å². The molecule has 1 aliphatic carbocycles. The molecule has 0 aromatic heterocycles. The first kappa shape index (κ1) is 17.6. The number of likely N-dealkylation sites (tertiary alicyclic amines) is 1. The molecule has 22 heavy (non-hydrogen) atoms. The number of guanidine groups is 1. The maximum atomic E-state index is 4.69. The standard InChI is InChI=1S/C18H27N3.HI/c1-3-19-18(20-17-11-14(17)2)21-10-9-16(13-21)12-15-7-5-4-6-8-15;/h4-8,14,16-17H,3,9-13H2,1-2H3,(H,19,20);1H. The minimum absolute atomic E-state index is 0. The van der Waals surface area contributed by atoms with Crippen molar-refractivity contribution in [2.75, 3.05) is 19.6 Å². The molecular formula is C18H28IN3. The third kappa shape index (κ3) is 4.61. The number of aliphatic imine (C=N–C) groups is 1. The summed E-state index contributed by atoms with van der Waals surface area (Å²) in [5.41, 5.74) is 1.46. The van der Waals surface area contributed by atoms with E-state index in [9.17, 15) is 0 Å². The molecule has 1 heterocycles. The summed E-state index contributed by atoms with van der Waals surface area (Å²) in [4.78, 5) is 7.15. The highest BCUT2D eigenvalue weighted by molar-refractivity contribution is 14.0. The van der Waals surface area contributed by atoms with Crippen molar-refractivity contribution in [1.82, 2.24) is 10.2 Å². The van der Waals surface area contributed by atoms with E-state index < -0.39 is 0 Å². The molecule has 4 heteroatoms. The van der Waals surface area contributed by atoms with Crippen LogP contribution in [0.25, 0.3) is 0 Å². The first-order valence-electron chi connectivity index (χ1n) is 8.36. The Morgan fingerprint density at radius 3 is 2.68 bits per heavy atom. The number of benzene rings is 1. The van der Waals surface area contributed by atoms with Gasteiger partial charge in [0.1, 0.15) is 0 Å². The van der Waals surface area contributed by atoms with Gasteiger partial charge in [0.15, 0.2) is 5.96 Å². The smallest absolute Gasteiger partial charge is 0.194 e. The Kier molecular flexibility index (Phi) is 6.53. The Morgan fingerprint density at radius 2 is 2.05 bits per heavy atom. The molecule has 122 valence electrons. The summed E-state index contributed by atoms with van der Waals surface area (Å²) >= 11 is 0. The molecule has 1 N–H and O–H groups in total. The summed E-state index contributed by atoms with van der Waals surface area (Å²) in [7, 11) is 0. The quantitative estimate of drug-likeness (QED) is 0.465. The molecule has 3 rings (SSSR count). The Labute approximate surface area is 151 Å². The summed E-state index contributed by atoms with van der Waals surface area (Å²) in [6.07, 6.45) is 3.76. The summed E-state index contributed by atoms with van der Waals surface area (Å²) in [6, 6.07) is 11.5. The van der Waals surface area contributed by atoms with Gasteiger partial charge in [0.25, 0.3) is 0 Å². The van der Waals surface area contributed by atoms with Crippen LogP contribution in [0.3, 0.4) is 0 Å². The van der Waals surface area contributed by atoms with E-state index in [-0.39, 0.29) is 24.0 Å². The lowest BCUT2D eigenvalue weighted by Crippen LogP contribution is -2.41. The molecule has 0 radical (unpaired) electrons. The highest BCUT2D eigenvalue weighted by Gasteiger charge is 2.35. The molecule has 3 nitrogen and oxygen atoms in total. The van der Waals surface area contributed by atoms with Crippen LogP contribution in [-0.2, 0) is 6.42 Å².